The van der Waals surface area contributed by atoms with Gasteiger partial charge in [-0.15, -0.1) is 0 Å². The van der Waals surface area contributed by atoms with Crippen LogP contribution in [0.4, 0.5) is 0 Å². The number of likely N-dealkylation sites (N-methyl/N-ethyl adjacent to an activating group) is 2. The Bertz CT molecular complexity index is 310. The number of hydrogen-bond acceptors (Lipinski definition) is 4. The molecule has 5 heteroatoms. The summed E-state index contributed by atoms with van der Waals surface area (Å²) in [6.45, 7) is 14.8. The summed E-state index contributed by atoms with van der Waals surface area (Å²) in [5, 5.41) is 3.22. The molecule has 3 N–H and O–H groups in total. The first-order valence-corrected chi connectivity index (χ1v) is 7.94. The molecule has 2 atom stereocenters. The van der Waals surface area contributed by atoms with Crippen LogP contribution in [-0.4, -0.2) is 66.6 Å². The Balaban J connectivity index is 2.35. The van der Waals surface area contributed by atoms with E-state index in [1.54, 1.807) is 0 Å². The lowest BCUT2D eigenvalue weighted by Gasteiger charge is -2.39. The maximum atomic E-state index is 11.6. The SMILES string of the molecule is CCNC(C)(CCCN1CCN(CC)C(C)C1)C(N)=O. The summed E-state index contributed by atoms with van der Waals surface area (Å²) in [6, 6.07) is 0.630. The van der Waals surface area contributed by atoms with Crippen LogP contribution in [0.3, 0.4) is 0 Å². The number of hydrogen-bond donors (Lipinski definition) is 2. The van der Waals surface area contributed by atoms with Crippen molar-refractivity contribution >= 4 is 5.91 Å². The highest BCUT2D eigenvalue weighted by atomic mass is 16.1. The van der Waals surface area contributed by atoms with Crippen LogP contribution in [0.2, 0.25) is 0 Å². The number of primary amides is 1. The second-order valence-corrected chi connectivity index (χ2v) is 6.11. The fourth-order valence-corrected chi connectivity index (χ4v) is 3.09. The number of nitrogens with zero attached hydrogens (tertiary/aromatic N) is 2. The molecule has 0 aromatic rings. The predicted octanol–water partition coefficient (Wildman–Crippen LogP) is 0.646. The molecule has 1 fully saturated rings. The smallest absolute Gasteiger partial charge is 0.237 e. The molecule has 5 nitrogen and oxygen atoms in total. The first-order chi connectivity index (χ1) is 9.42. The molecule has 0 aromatic carbocycles. The van der Waals surface area contributed by atoms with Gasteiger partial charge >= 0.3 is 0 Å². The van der Waals surface area contributed by atoms with Crippen LogP contribution in [0.5, 0.6) is 0 Å². The molecule has 0 aliphatic carbocycles. The molecule has 1 aliphatic heterocycles. The van der Waals surface area contributed by atoms with E-state index >= 15 is 0 Å². The first-order valence-electron chi connectivity index (χ1n) is 7.94. The van der Waals surface area contributed by atoms with E-state index in [2.05, 4.69) is 29.0 Å². The lowest BCUT2D eigenvalue weighted by molar-refractivity contribution is -0.124. The Hall–Kier alpha value is -0.650. The second kappa shape index (κ2) is 7.96. The summed E-state index contributed by atoms with van der Waals surface area (Å²) >= 11 is 0. The van der Waals surface area contributed by atoms with Gasteiger partial charge in [0, 0.05) is 25.7 Å². The van der Waals surface area contributed by atoms with Gasteiger partial charge in [0.2, 0.25) is 5.91 Å². The zero-order valence-corrected chi connectivity index (χ0v) is 13.6. The van der Waals surface area contributed by atoms with Crippen LogP contribution in [0.1, 0.15) is 40.5 Å². The monoisotopic (exact) mass is 284 g/mol. The molecule has 0 saturated carbocycles. The molecule has 1 aliphatic rings. The Morgan fingerprint density at radius 3 is 2.60 bits per heavy atom. The molecule has 1 heterocycles. The summed E-state index contributed by atoms with van der Waals surface area (Å²) < 4.78 is 0. The van der Waals surface area contributed by atoms with E-state index in [-0.39, 0.29) is 5.91 Å². The van der Waals surface area contributed by atoms with E-state index in [9.17, 15) is 4.79 Å². The Labute approximate surface area is 123 Å². The fraction of sp³-hybridized carbons (Fsp3) is 0.933. The van der Waals surface area contributed by atoms with Gasteiger partial charge in [-0.2, -0.15) is 0 Å². The third kappa shape index (κ3) is 4.72. The lowest BCUT2D eigenvalue weighted by atomic mass is 9.94. The third-order valence-corrected chi connectivity index (χ3v) is 4.52. The van der Waals surface area contributed by atoms with E-state index in [1.165, 1.54) is 0 Å². The van der Waals surface area contributed by atoms with Crippen molar-refractivity contribution in [1.82, 2.24) is 15.1 Å². The van der Waals surface area contributed by atoms with E-state index in [0.717, 1.165) is 52.1 Å². The van der Waals surface area contributed by atoms with Crippen LogP contribution in [0.25, 0.3) is 0 Å². The van der Waals surface area contributed by atoms with Crippen molar-refractivity contribution < 1.29 is 4.79 Å². The average Bonchev–Trinajstić information content (AvgIpc) is 2.39. The highest BCUT2D eigenvalue weighted by Gasteiger charge is 2.30. The average molecular weight is 284 g/mol. The molecular weight excluding hydrogens is 252 g/mol. The summed E-state index contributed by atoms with van der Waals surface area (Å²) in [5.74, 6) is -0.247. The number of carbonyl (C=O) groups is 1. The molecule has 0 aromatic heterocycles. The molecule has 1 rings (SSSR count). The minimum atomic E-state index is -0.564. The molecule has 118 valence electrons. The summed E-state index contributed by atoms with van der Waals surface area (Å²) in [7, 11) is 0. The van der Waals surface area contributed by atoms with Crippen molar-refractivity contribution in [2.45, 2.75) is 52.1 Å². The van der Waals surface area contributed by atoms with Gasteiger partial charge in [0.15, 0.2) is 0 Å². The van der Waals surface area contributed by atoms with Gasteiger partial charge in [-0.3, -0.25) is 9.69 Å². The maximum Gasteiger partial charge on any atom is 0.237 e. The maximum absolute atomic E-state index is 11.6. The van der Waals surface area contributed by atoms with Crippen molar-refractivity contribution in [1.29, 1.82) is 0 Å². The Kier molecular flexibility index (Phi) is 6.92. The summed E-state index contributed by atoms with van der Waals surface area (Å²) in [6.07, 6.45) is 1.81. The van der Waals surface area contributed by atoms with Crippen molar-refractivity contribution in [2.24, 2.45) is 5.73 Å². The molecule has 0 spiro atoms. The lowest BCUT2D eigenvalue weighted by Crippen LogP contribution is -2.54. The zero-order valence-electron chi connectivity index (χ0n) is 13.6. The van der Waals surface area contributed by atoms with Gasteiger partial charge in [-0.25, -0.2) is 0 Å². The number of nitrogens with two attached hydrogens (primary N) is 1. The number of nitrogens with one attached hydrogen (secondary N) is 1. The topological polar surface area (TPSA) is 61.6 Å². The van der Waals surface area contributed by atoms with Crippen LogP contribution in [0, 0.1) is 0 Å². The molecule has 0 bridgehead atoms. The highest BCUT2D eigenvalue weighted by Crippen LogP contribution is 2.14. The van der Waals surface area contributed by atoms with Crippen molar-refractivity contribution in [2.75, 3.05) is 39.3 Å². The molecule has 20 heavy (non-hydrogen) atoms. The van der Waals surface area contributed by atoms with Gasteiger partial charge in [-0.1, -0.05) is 13.8 Å². The molecule has 0 radical (unpaired) electrons. The predicted molar refractivity (Wildman–Crippen MR) is 83.7 cm³/mol. The van der Waals surface area contributed by atoms with Gasteiger partial charge in [0.1, 0.15) is 0 Å². The molecular formula is C15H32N4O. The number of piperazine rings is 1. The van der Waals surface area contributed by atoms with Crippen LogP contribution in [-0.2, 0) is 4.79 Å². The van der Waals surface area contributed by atoms with Crippen LogP contribution >= 0.6 is 0 Å². The minimum Gasteiger partial charge on any atom is -0.368 e. The van der Waals surface area contributed by atoms with E-state index < -0.39 is 5.54 Å². The van der Waals surface area contributed by atoms with Gasteiger partial charge in [-0.05, 0) is 46.3 Å². The number of carbonyl (C=O) groups excluding carboxylic acids is 1. The number of rotatable bonds is 8. The normalized spacial score (nSPS) is 24.5. The van der Waals surface area contributed by atoms with Gasteiger partial charge in [0.25, 0.3) is 0 Å². The largest absolute Gasteiger partial charge is 0.368 e. The first kappa shape index (κ1) is 17.4. The standard InChI is InChI=1S/C15H32N4O/c1-5-17-15(4,14(16)20)8-7-9-18-10-11-19(6-2)13(3)12-18/h13,17H,5-12H2,1-4H3,(H2,16,20). The zero-order chi connectivity index (χ0) is 15.2. The van der Waals surface area contributed by atoms with Crippen LogP contribution in [0.15, 0.2) is 0 Å². The van der Waals surface area contributed by atoms with Gasteiger partial charge in [0.05, 0.1) is 5.54 Å². The quantitative estimate of drug-likeness (QED) is 0.687. The third-order valence-electron chi connectivity index (χ3n) is 4.52. The van der Waals surface area contributed by atoms with E-state index in [1.807, 2.05) is 13.8 Å². The summed E-state index contributed by atoms with van der Waals surface area (Å²) in [4.78, 5) is 16.6. The van der Waals surface area contributed by atoms with Crippen molar-refractivity contribution in [3.05, 3.63) is 0 Å². The Morgan fingerprint density at radius 2 is 2.10 bits per heavy atom. The number of amides is 1. The summed E-state index contributed by atoms with van der Waals surface area (Å²) in [5.41, 5.74) is 4.95. The van der Waals surface area contributed by atoms with E-state index in [0.29, 0.717) is 6.04 Å². The molecule has 1 amide bonds. The van der Waals surface area contributed by atoms with Crippen molar-refractivity contribution in [3.8, 4) is 0 Å². The van der Waals surface area contributed by atoms with E-state index in [4.69, 9.17) is 5.73 Å². The van der Waals surface area contributed by atoms with Crippen LogP contribution < -0.4 is 11.1 Å². The molecule has 1 saturated heterocycles. The fourth-order valence-electron chi connectivity index (χ4n) is 3.09. The Morgan fingerprint density at radius 1 is 1.40 bits per heavy atom. The minimum absolute atomic E-state index is 0.247. The van der Waals surface area contributed by atoms with Gasteiger partial charge < -0.3 is 16.0 Å². The van der Waals surface area contributed by atoms with Crippen molar-refractivity contribution in [3.63, 3.8) is 0 Å². The molecule has 2 unspecified atom stereocenters. The highest BCUT2D eigenvalue weighted by molar-refractivity contribution is 5.84. The second-order valence-electron chi connectivity index (χ2n) is 6.11.